The number of carbonyl (C=O) groups is 5. The smallest absolute Gasteiger partial charge is 0.416 e. The highest BCUT2D eigenvalue weighted by Crippen LogP contribution is 2.38. The zero-order valence-electron chi connectivity index (χ0n) is 50.2. The fourth-order valence-corrected chi connectivity index (χ4v) is 10.3. The third-order valence-corrected chi connectivity index (χ3v) is 15.5. The molecule has 0 aliphatic rings. The summed E-state index contributed by atoms with van der Waals surface area (Å²) in [4.78, 5) is 101. The molecular formula is C50H56ClF6N14O20PS3. The zero-order chi connectivity index (χ0) is 72.2. The lowest BCUT2D eigenvalue weighted by molar-refractivity contribution is -0.385. The molecular weight excluding hydrogens is 1390 g/mol. The maximum Gasteiger partial charge on any atom is 0.416 e. The molecule has 6 rings (SSSR count). The number of urea groups is 2. The number of rotatable bonds is 21. The fraction of sp³-hybridized carbons (Fsp3) is 0.300. The van der Waals surface area contributed by atoms with E-state index in [9.17, 15) is 90.2 Å². The van der Waals surface area contributed by atoms with Gasteiger partial charge in [-0.3, -0.25) is 39.7 Å². The largest absolute Gasteiger partial charge is 0.481 e. The SMILES string of the molecule is COc1cc(OC)nc(NC(=O)NS(=O)(=O)c2ncccc2C(=O)N(C)C)n1.COc1nc(C)nc(NC(=O)NS(=O)(=O)c2ccccc2CCC(F)(F)F)n1.CP(=O)(O)CCC(N)C(=O)O.CS(=O)(=O)NC(=O)c1cc(Oc2ccc(C(F)(F)F)cc2Cl)ccc1[N+](=O)[O-]. The van der Waals surface area contributed by atoms with Gasteiger partial charge in [0.2, 0.25) is 33.7 Å². The van der Waals surface area contributed by atoms with Crippen LogP contribution < -0.4 is 49.5 Å². The zero-order valence-corrected chi connectivity index (χ0v) is 54.3. The fourth-order valence-electron chi connectivity index (χ4n) is 6.66. The van der Waals surface area contributed by atoms with Crippen molar-refractivity contribution in [2.24, 2.45) is 5.73 Å². The maximum absolute atomic E-state index is 12.7. The van der Waals surface area contributed by atoms with E-state index in [2.05, 4.69) is 40.5 Å². The summed E-state index contributed by atoms with van der Waals surface area (Å²) in [5.74, 6) is -3.53. The van der Waals surface area contributed by atoms with Crippen molar-refractivity contribution in [3.8, 4) is 29.3 Å². The standard InChI is InChI=1S/C15H10ClF3N2O6S.C15H16F3N5O4S.C15H18N6O6S.C5H12NO4P/c1-28(25,26)20-14(22)10-7-9(3-4-12(10)21(23)24)27-13-5-2-8(6-11(13)16)15(17,18)19;1-9-19-12(22-14(20-9)27-2)21-13(24)23-28(25,26)11-6-4-3-5-10(11)7-8-15(16,17)18;1-21(2)13(22)9-6-5-7-16-12(9)28(24,25)20-15(23)19-14-17-10(26-3)8-11(18-14)27-4;1-11(9,10)3-2-4(6)5(7)8/h2-7H,1H3,(H,20,22);3-6H,7-8H2,1-2H3,(H2,19,20,21,22,23,24);5-8H,1-4H3,(H2,17,18,19,20,23);4H,2-3,6H2,1H3,(H,7,8)(H,9,10). The van der Waals surface area contributed by atoms with Crippen molar-refractivity contribution in [1.82, 2.24) is 49.0 Å². The number of nitrogens with two attached hydrogens (primary N) is 1. The minimum atomic E-state index is -4.62. The topological polar surface area (TPSA) is 492 Å². The lowest BCUT2D eigenvalue weighted by Gasteiger charge is -2.14. The number of benzene rings is 3. The van der Waals surface area contributed by atoms with Gasteiger partial charge < -0.3 is 39.6 Å². The second-order valence-corrected chi connectivity index (χ2v) is 26.7. The van der Waals surface area contributed by atoms with Crippen LogP contribution in [-0.2, 0) is 52.0 Å². The van der Waals surface area contributed by atoms with E-state index in [1.165, 1.54) is 96.5 Å². The Hall–Kier alpha value is -9.68. The predicted molar refractivity (Wildman–Crippen MR) is 321 cm³/mol. The van der Waals surface area contributed by atoms with Crippen molar-refractivity contribution in [2.45, 2.75) is 54.5 Å². The van der Waals surface area contributed by atoms with E-state index >= 15 is 0 Å². The van der Waals surface area contributed by atoms with E-state index in [0.717, 1.165) is 30.3 Å². The number of amides is 6. The number of nitro groups is 1. The highest BCUT2D eigenvalue weighted by molar-refractivity contribution is 7.90. The monoisotopic (exact) mass is 1450 g/mol. The van der Waals surface area contributed by atoms with Crippen LogP contribution in [0.15, 0.2) is 95.0 Å². The van der Waals surface area contributed by atoms with E-state index in [0.29, 0.717) is 18.4 Å². The van der Waals surface area contributed by atoms with Crippen LogP contribution >= 0.6 is 19.0 Å². The van der Waals surface area contributed by atoms with Crippen LogP contribution in [0.25, 0.3) is 0 Å². The Morgan fingerprint density at radius 2 is 1.36 bits per heavy atom. The first kappa shape index (κ1) is 79.6. The van der Waals surface area contributed by atoms with Gasteiger partial charge in [0.25, 0.3) is 37.5 Å². The van der Waals surface area contributed by atoms with Gasteiger partial charge in [-0.05, 0) is 67.8 Å². The summed E-state index contributed by atoms with van der Waals surface area (Å²) < 4.78 is 183. The van der Waals surface area contributed by atoms with E-state index in [-0.39, 0.29) is 70.7 Å². The van der Waals surface area contributed by atoms with E-state index in [1.807, 2.05) is 0 Å². The number of halogens is 7. The summed E-state index contributed by atoms with van der Waals surface area (Å²) >= 11 is 5.76. The minimum absolute atomic E-state index is 0.0412. The summed E-state index contributed by atoms with van der Waals surface area (Å²) in [6.07, 6.45) is -8.94. The molecule has 3 aromatic heterocycles. The molecule has 0 fully saturated rings. The van der Waals surface area contributed by atoms with Gasteiger partial charge in [0, 0.05) is 51.7 Å². The number of aromatic nitrogens is 6. The number of carbonyl (C=O) groups excluding carboxylic acids is 4. The Bertz CT molecular complexity index is 4180. The van der Waals surface area contributed by atoms with Crippen LogP contribution in [0.2, 0.25) is 5.02 Å². The van der Waals surface area contributed by atoms with Gasteiger partial charge >= 0.3 is 36.4 Å². The first-order valence-electron chi connectivity index (χ1n) is 25.6. The number of alkyl halides is 6. The predicted octanol–water partition coefficient (Wildman–Crippen LogP) is 5.73. The van der Waals surface area contributed by atoms with Crippen molar-refractivity contribution in [2.75, 3.05) is 65.1 Å². The molecule has 0 radical (unpaired) electrons. The third kappa shape index (κ3) is 27.1. The Morgan fingerprint density at radius 1 is 0.779 bits per heavy atom. The van der Waals surface area contributed by atoms with Crippen LogP contribution in [0, 0.1) is 17.0 Å². The lowest BCUT2D eigenvalue weighted by atomic mass is 10.1. The molecule has 6 aromatic rings. The molecule has 45 heteroatoms. The van der Waals surface area contributed by atoms with Gasteiger partial charge in [-0.2, -0.15) is 59.7 Å². The number of methoxy groups -OCH3 is 3. The number of nitrogens with zero attached hydrogens (tertiary/aromatic N) is 8. The number of carboxylic acids is 1. The molecule has 0 aliphatic heterocycles. The van der Waals surface area contributed by atoms with Gasteiger partial charge in [-0.1, -0.05) is 29.8 Å². The molecule has 0 spiro atoms. The molecule has 3 heterocycles. The summed E-state index contributed by atoms with van der Waals surface area (Å²) in [6.45, 7) is 2.68. The quantitative estimate of drug-likeness (QED) is 0.0184. The molecule has 95 heavy (non-hydrogen) atoms. The first-order valence-corrected chi connectivity index (χ1v) is 33.2. The van der Waals surface area contributed by atoms with Crippen molar-refractivity contribution >= 4 is 96.5 Å². The lowest BCUT2D eigenvalue weighted by Crippen LogP contribution is -2.36. The van der Waals surface area contributed by atoms with Gasteiger partial charge in [0.05, 0.1) is 59.6 Å². The second kappa shape index (κ2) is 33.9. The molecule has 0 bridgehead atoms. The number of hydrogen-bond acceptors (Lipinski definition) is 25. The van der Waals surface area contributed by atoms with Crippen LogP contribution in [-0.4, -0.2) is 172 Å². The van der Waals surface area contributed by atoms with Gasteiger partial charge in [-0.25, -0.2) is 45.6 Å². The molecule has 3 aromatic carbocycles. The number of pyridine rings is 1. The molecule has 9 N–H and O–H groups in total. The molecule has 518 valence electrons. The number of sulfonamides is 3. The average molecular weight is 1450 g/mol. The highest BCUT2D eigenvalue weighted by Gasteiger charge is 2.33. The van der Waals surface area contributed by atoms with Crippen LogP contribution in [0.4, 0.5) is 53.5 Å². The van der Waals surface area contributed by atoms with Crippen molar-refractivity contribution in [3.05, 3.63) is 128 Å². The van der Waals surface area contributed by atoms with Crippen molar-refractivity contribution < 1.29 is 114 Å². The number of carboxylic acid groups (broad SMARTS) is 1. The normalized spacial score (nSPS) is 12.3. The molecule has 2 unspecified atom stereocenters. The highest BCUT2D eigenvalue weighted by atomic mass is 35.5. The third-order valence-electron chi connectivity index (χ3n) is 10.9. The Labute approximate surface area is 540 Å². The van der Waals surface area contributed by atoms with Gasteiger partial charge in [0.15, 0.2) is 12.4 Å². The average Bonchev–Trinajstić information content (AvgIpc) is 0.826. The second-order valence-electron chi connectivity index (χ2n) is 18.8. The molecule has 0 saturated heterocycles. The van der Waals surface area contributed by atoms with Crippen molar-refractivity contribution in [3.63, 3.8) is 0 Å². The van der Waals surface area contributed by atoms with E-state index < -0.39 is 135 Å². The molecule has 6 amide bonds. The minimum Gasteiger partial charge on any atom is -0.481 e. The molecule has 0 aliphatic carbocycles. The van der Waals surface area contributed by atoms with Crippen LogP contribution in [0.5, 0.6) is 29.3 Å². The number of aryl methyl sites for hydroxylation is 2. The number of ether oxygens (including phenoxy) is 4. The molecule has 2 atom stereocenters. The summed E-state index contributed by atoms with van der Waals surface area (Å²) in [5, 5.41) is 22.6. The molecule has 0 saturated carbocycles. The van der Waals surface area contributed by atoms with E-state index in [4.69, 9.17) is 46.3 Å². The number of nitro benzene ring substituents is 1. The Kier molecular flexibility index (Phi) is 28.4. The number of hydrogen-bond donors (Lipinski definition) is 8. The van der Waals surface area contributed by atoms with E-state index in [1.54, 1.807) is 14.2 Å². The summed E-state index contributed by atoms with van der Waals surface area (Å²) in [7, 11) is -9.10. The Balaban J connectivity index is 0.000000344. The Morgan fingerprint density at radius 3 is 1.86 bits per heavy atom. The van der Waals surface area contributed by atoms with Crippen molar-refractivity contribution in [1.29, 1.82) is 0 Å². The number of aliphatic carboxylic acids is 1. The summed E-state index contributed by atoms with van der Waals surface area (Å²) in [5.41, 5.74) is 2.49. The molecule has 34 nitrogen and oxygen atoms in total. The number of nitrogens with one attached hydrogen (secondary N) is 5. The number of anilines is 2. The van der Waals surface area contributed by atoms with Crippen LogP contribution in [0.1, 0.15) is 50.5 Å². The van der Waals surface area contributed by atoms with Gasteiger partial charge in [0.1, 0.15) is 28.9 Å². The van der Waals surface area contributed by atoms with Gasteiger partial charge in [-0.15, -0.1) is 0 Å². The first-order chi connectivity index (χ1) is 43.8. The van der Waals surface area contributed by atoms with Crippen LogP contribution in [0.3, 0.4) is 0 Å². The summed E-state index contributed by atoms with van der Waals surface area (Å²) in [6, 6.07) is 10.8. The maximum atomic E-state index is 12.7.